The molecule has 6 heteroatoms. The van der Waals surface area contributed by atoms with Crippen molar-refractivity contribution in [1.29, 1.82) is 0 Å². The molecule has 1 aliphatic heterocycles. The van der Waals surface area contributed by atoms with Crippen LogP contribution in [0.15, 0.2) is 48.1 Å². The summed E-state index contributed by atoms with van der Waals surface area (Å²) in [6, 6.07) is 8.26. The van der Waals surface area contributed by atoms with Gasteiger partial charge < -0.3 is 10.4 Å². The number of allylic oxidation sites excluding steroid dienone is 1. The minimum Gasteiger partial charge on any atom is -0.348 e. The van der Waals surface area contributed by atoms with Gasteiger partial charge in [0, 0.05) is 17.6 Å². The molecule has 0 bridgehead atoms. The summed E-state index contributed by atoms with van der Waals surface area (Å²) in [5, 5.41) is 3.17. The Hall–Kier alpha value is -2.34. The number of para-hydroxylation sites is 1. The molecule has 5 nitrogen and oxygen atoms in total. The maximum atomic E-state index is 4.71. The summed E-state index contributed by atoms with van der Waals surface area (Å²) in [7, 11) is 0. The Morgan fingerprint density at radius 2 is 2.18 bits per heavy atom. The maximum Gasteiger partial charge on any atom is 0.205 e. The number of hydrogen-bond donors (Lipinski definition) is 2. The summed E-state index contributed by atoms with van der Waals surface area (Å²) in [4.78, 5) is 11.9. The molecule has 0 saturated heterocycles. The third-order valence-electron chi connectivity index (χ3n) is 3.89. The fourth-order valence-electron chi connectivity index (χ4n) is 2.67. The van der Waals surface area contributed by atoms with Gasteiger partial charge >= 0.3 is 0 Å². The highest BCUT2D eigenvalue weighted by Gasteiger charge is 2.21. The minimum atomic E-state index is 0.887. The van der Waals surface area contributed by atoms with Crippen molar-refractivity contribution in [2.45, 2.75) is 19.8 Å². The molecule has 0 saturated carbocycles. The van der Waals surface area contributed by atoms with E-state index in [1.165, 1.54) is 21.7 Å². The van der Waals surface area contributed by atoms with Crippen molar-refractivity contribution < 1.29 is 0 Å². The monoisotopic (exact) mass is 311 g/mol. The number of benzene rings is 1. The van der Waals surface area contributed by atoms with Crippen LogP contribution < -0.4 is 10.4 Å². The van der Waals surface area contributed by atoms with Crippen LogP contribution >= 0.6 is 11.3 Å². The van der Waals surface area contributed by atoms with Crippen LogP contribution in [-0.2, 0) is 6.42 Å². The smallest absolute Gasteiger partial charge is 0.205 e. The lowest BCUT2D eigenvalue weighted by Crippen LogP contribution is -2.32. The number of fused-ring (bicyclic) bond motifs is 1. The number of nitrogens with zero attached hydrogens (tertiary/aromatic N) is 3. The van der Waals surface area contributed by atoms with Crippen molar-refractivity contribution in [1.82, 2.24) is 20.4 Å². The molecule has 0 fully saturated rings. The lowest BCUT2D eigenvalue weighted by atomic mass is 10.1. The van der Waals surface area contributed by atoms with Gasteiger partial charge in [0.25, 0.3) is 0 Å². The van der Waals surface area contributed by atoms with Gasteiger partial charge in [-0.1, -0.05) is 23.5 Å². The first kappa shape index (κ1) is 13.3. The predicted octanol–water partition coefficient (Wildman–Crippen LogP) is 3.25. The van der Waals surface area contributed by atoms with Gasteiger partial charge in [-0.2, -0.15) is 0 Å². The number of hydrogen-bond acceptors (Lipinski definition) is 5. The van der Waals surface area contributed by atoms with E-state index >= 15 is 0 Å². The largest absolute Gasteiger partial charge is 0.348 e. The molecule has 0 amide bonds. The SMILES string of the molecule is CC1=C(CCc2cnc[nH]2)NN(c2nc3ccccc3s2)C1. The molecule has 3 heterocycles. The van der Waals surface area contributed by atoms with E-state index in [9.17, 15) is 0 Å². The van der Waals surface area contributed by atoms with Crippen molar-refractivity contribution in [2.24, 2.45) is 0 Å². The Bertz CT molecular complexity index is 785. The van der Waals surface area contributed by atoms with E-state index in [1.807, 2.05) is 12.3 Å². The topological polar surface area (TPSA) is 56.8 Å². The van der Waals surface area contributed by atoms with E-state index in [-0.39, 0.29) is 0 Å². The van der Waals surface area contributed by atoms with Crippen LogP contribution in [0.3, 0.4) is 0 Å². The van der Waals surface area contributed by atoms with Gasteiger partial charge in [0.2, 0.25) is 5.13 Å². The predicted molar refractivity (Wildman–Crippen MR) is 89.7 cm³/mol. The molecule has 2 aromatic heterocycles. The quantitative estimate of drug-likeness (QED) is 0.776. The van der Waals surface area contributed by atoms with Crippen LogP contribution in [-0.4, -0.2) is 21.5 Å². The fourth-order valence-corrected chi connectivity index (χ4v) is 3.60. The molecule has 0 aliphatic carbocycles. The van der Waals surface area contributed by atoms with Crippen LogP contribution in [0.4, 0.5) is 5.13 Å². The first-order valence-electron chi connectivity index (χ1n) is 7.35. The molecule has 1 aliphatic rings. The zero-order valence-electron chi connectivity index (χ0n) is 12.3. The standard InChI is InChI=1S/C16H17N5S/c1-11-9-21(16-19-14-4-2-3-5-15(14)22-16)20-13(11)7-6-12-8-17-10-18-12/h2-5,8,10,20H,6-7,9H2,1H3,(H,17,18). The molecule has 0 spiro atoms. The average Bonchev–Trinajstić information content (AvgIpc) is 3.24. The van der Waals surface area contributed by atoms with Gasteiger partial charge in [0.1, 0.15) is 0 Å². The van der Waals surface area contributed by atoms with Gasteiger partial charge in [-0.3, -0.25) is 5.01 Å². The Kier molecular flexibility index (Phi) is 3.31. The Morgan fingerprint density at radius 1 is 1.27 bits per heavy atom. The summed E-state index contributed by atoms with van der Waals surface area (Å²) < 4.78 is 1.22. The van der Waals surface area contributed by atoms with Crippen molar-refractivity contribution in [3.63, 3.8) is 0 Å². The molecule has 3 aromatic rings. The highest BCUT2D eigenvalue weighted by Crippen LogP contribution is 2.30. The second kappa shape index (κ2) is 5.46. The molecule has 1 aromatic carbocycles. The molecule has 0 unspecified atom stereocenters. The van der Waals surface area contributed by atoms with Crippen molar-refractivity contribution >= 4 is 26.7 Å². The van der Waals surface area contributed by atoms with Crippen LogP contribution in [0.1, 0.15) is 19.0 Å². The average molecular weight is 311 g/mol. The summed E-state index contributed by atoms with van der Waals surface area (Å²) >= 11 is 1.72. The minimum absolute atomic E-state index is 0.887. The molecular weight excluding hydrogens is 294 g/mol. The van der Waals surface area contributed by atoms with Gasteiger partial charge in [-0.05, 0) is 37.5 Å². The summed E-state index contributed by atoms with van der Waals surface area (Å²) in [5.74, 6) is 0. The molecule has 0 radical (unpaired) electrons. The number of aromatic nitrogens is 3. The maximum absolute atomic E-state index is 4.71. The number of anilines is 1. The van der Waals surface area contributed by atoms with E-state index in [4.69, 9.17) is 4.98 Å². The number of aryl methyl sites for hydroxylation is 1. The second-order valence-corrected chi connectivity index (χ2v) is 6.51. The van der Waals surface area contributed by atoms with Gasteiger partial charge in [0.15, 0.2) is 0 Å². The Morgan fingerprint density at radius 3 is 3.00 bits per heavy atom. The molecular formula is C16H17N5S. The number of H-pyrrole nitrogens is 1. The number of aromatic amines is 1. The Labute approximate surface area is 132 Å². The van der Waals surface area contributed by atoms with E-state index in [0.29, 0.717) is 0 Å². The molecule has 2 N–H and O–H groups in total. The normalized spacial score (nSPS) is 14.9. The van der Waals surface area contributed by atoms with Gasteiger partial charge in [-0.15, -0.1) is 0 Å². The molecule has 22 heavy (non-hydrogen) atoms. The highest BCUT2D eigenvalue weighted by molar-refractivity contribution is 7.22. The third kappa shape index (κ3) is 2.46. The van der Waals surface area contributed by atoms with Crippen LogP contribution in [0, 0.1) is 0 Å². The van der Waals surface area contributed by atoms with Crippen molar-refractivity contribution in [3.05, 3.63) is 53.8 Å². The van der Waals surface area contributed by atoms with Crippen molar-refractivity contribution in [3.8, 4) is 0 Å². The lowest BCUT2D eigenvalue weighted by molar-refractivity contribution is 0.750. The van der Waals surface area contributed by atoms with Gasteiger partial charge in [0.05, 0.1) is 23.1 Å². The lowest BCUT2D eigenvalue weighted by Gasteiger charge is -2.16. The first-order valence-corrected chi connectivity index (χ1v) is 8.17. The second-order valence-electron chi connectivity index (χ2n) is 5.50. The zero-order chi connectivity index (χ0) is 14.9. The highest BCUT2D eigenvalue weighted by atomic mass is 32.1. The van der Waals surface area contributed by atoms with E-state index in [1.54, 1.807) is 17.7 Å². The number of rotatable bonds is 4. The van der Waals surface area contributed by atoms with Crippen LogP contribution in [0.5, 0.6) is 0 Å². The first-order chi connectivity index (χ1) is 10.8. The van der Waals surface area contributed by atoms with Crippen LogP contribution in [0.2, 0.25) is 0 Å². The van der Waals surface area contributed by atoms with E-state index < -0.39 is 0 Å². The fraction of sp³-hybridized carbons (Fsp3) is 0.250. The van der Waals surface area contributed by atoms with E-state index in [2.05, 4.69) is 45.5 Å². The third-order valence-corrected chi connectivity index (χ3v) is 4.95. The van der Waals surface area contributed by atoms with Crippen molar-refractivity contribution in [2.75, 3.05) is 11.6 Å². The summed E-state index contributed by atoms with van der Waals surface area (Å²) in [6.07, 6.45) is 5.56. The summed E-state index contributed by atoms with van der Waals surface area (Å²) in [6.45, 7) is 3.07. The number of thiazole rings is 1. The molecule has 4 rings (SSSR count). The van der Waals surface area contributed by atoms with Gasteiger partial charge in [-0.25, -0.2) is 9.97 Å². The summed E-state index contributed by atoms with van der Waals surface area (Å²) in [5.41, 5.74) is 8.40. The number of imidazole rings is 1. The molecule has 0 atom stereocenters. The number of hydrazine groups is 1. The van der Waals surface area contributed by atoms with Crippen LogP contribution in [0.25, 0.3) is 10.2 Å². The van der Waals surface area contributed by atoms with E-state index in [0.717, 1.165) is 30.0 Å². The molecule has 112 valence electrons. The zero-order valence-corrected chi connectivity index (χ0v) is 13.2. The number of nitrogens with one attached hydrogen (secondary N) is 2. The Balaban J connectivity index is 1.47.